The van der Waals surface area contributed by atoms with Crippen LogP contribution in [0.15, 0.2) is 63.9 Å². The highest BCUT2D eigenvalue weighted by molar-refractivity contribution is 5.73. The van der Waals surface area contributed by atoms with Gasteiger partial charge in [-0.3, -0.25) is 4.57 Å². The third-order valence-electron chi connectivity index (χ3n) is 5.40. The molecule has 0 radical (unpaired) electrons. The number of aromatic amines is 1. The number of nitrogens with zero attached hydrogens (tertiary/aromatic N) is 5. The lowest BCUT2D eigenvalue weighted by Gasteiger charge is -2.11. The Morgan fingerprint density at radius 2 is 1.84 bits per heavy atom. The van der Waals surface area contributed by atoms with E-state index in [1.165, 1.54) is 5.56 Å². The smallest absolute Gasteiger partial charge is 0.328 e. The van der Waals surface area contributed by atoms with E-state index in [4.69, 9.17) is 9.40 Å². The summed E-state index contributed by atoms with van der Waals surface area (Å²) in [7, 11) is 0. The van der Waals surface area contributed by atoms with E-state index in [1.54, 1.807) is 17.7 Å². The van der Waals surface area contributed by atoms with Crippen LogP contribution in [0.5, 0.6) is 0 Å². The van der Waals surface area contributed by atoms with Crippen molar-refractivity contribution in [3.05, 3.63) is 82.2 Å². The molecule has 0 saturated heterocycles. The second-order valence-corrected chi connectivity index (χ2v) is 8.01. The van der Waals surface area contributed by atoms with Gasteiger partial charge in [0.1, 0.15) is 5.52 Å². The average Bonchev–Trinajstić information content (AvgIpc) is 3.37. The van der Waals surface area contributed by atoms with Crippen LogP contribution in [0.4, 0.5) is 0 Å². The molecule has 0 aliphatic rings. The van der Waals surface area contributed by atoms with E-state index in [1.807, 2.05) is 42.5 Å². The molecule has 0 aliphatic heterocycles. The highest BCUT2D eigenvalue weighted by Gasteiger charge is 2.15. The lowest BCUT2D eigenvalue weighted by atomic mass is 9.97. The first kappa shape index (κ1) is 19.9. The molecule has 0 bridgehead atoms. The standard InChI is InChI=1S/C24H22N6O2/c1-14(2)18-6-4-5-7-19(18)21-25-12-20-22(27-21)30(24(31)26-20)13-16-8-10-17(11-9-16)23-29-28-15(3)32-23/h4-12,14H,13H2,1-3H3,(H,26,31). The molecule has 0 aliphatic carbocycles. The molecule has 0 atom stereocenters. The predicted molar refractivity (Wildman–Crippen MR) is 121 cm³/mol. The lowest BCUT2D eigenvalue weighted by Crippen LogP contribution is -2.17. The number of hydrogen-bond acceptors (Lipinski definition) is 6. The first-order valence-electron chi connectivity index (χ1n) is 10.4. The summed E-state index contributed by atoms with van der Waals surface area (Å²) in [6.07, 6.45) is 1.67. The Kier molecular flexibility index (Phi) is 4.89. The van der Waals surface area contributed by atoms with Gasteiger partial charge < -0.3 is 9.40 Å². The maximum atomic E-state index is 12.7. The quantitative estimate of drug-likeness (QED) is 0.449. The Hall–Kier alpha value is -4.07. The van der Waals surface area contributed by atoms with E-state index >= 15 is 0 Å². The molecule has 0 spiro atoms. The average molecular weight is 426 g/mol. The Morgan fingerprint density at radius 3 is 2.56 bits per heavy atom. The Bertz CT molecular complexity index is 1460. The van der Waals surface area contributed by atoms with Crippen LogP contribution in [-0.4, -0.2) is 29.7 Å². The summed E-state index contributed by atoms with van der Waals surface area (Å²) in [5, 5.41) is 7.90. The van der Waals surface area contributed by atoms with Gasteiger partial charge in [-0.1, -0.05) is 50.2 Å². The summed E-state index contributed by atoms with van der Waals surface area (Å²) >= 11 is 0. The fourth-order valence-corrected chi connectivity index (χ4v) is 3.77. The van der Waals surface area contributed by atoms with Crippen LogP contribution >= 0.6 is 0 Å². The van der Waals surface area contributed by atoms with E-state index in [9.17, 15) is 4.79 Å². The summed E-state index contributed by atoms with van der Waals surface area (Å²) in [6.45, 7) is 6.42. The van der Waals surface area contributed by atoms with Crippen LogP contribution in [0.3, 0.4) is 0 Å². The van der Waals surface area contributed by atoms with Crippen molar-refractivity contribution in [1.82, 2.24) is 29.7 Å². The fourth-order valence-electron chi connectivity index (χ4n) is 3.77. The largest absolute Gasteiger partial charge is 0.421 e. The molecule has 0 saturated carbocycles. The number of benzene rings is 2. The molecule has 5 aromatic rings. The molecule has 0 fully saturated rings. The topological polar surface area (TPSA) is 102 Å². The number of imidazole rings is 1. The lowest BCUT2D eigenvalue weighted by molar-refractivity contribution is 0.533. The summed E-state index contributed by atoms with van der Waals surface area (Å²) in [6, 6.07) is 15.8. The van der Waals surface area contributed by atoms with Crippen LogP contribution < -0.4 is 5.69 Å². The maximum absolute atomic E-state index is 12.7. The van der Waals surface area contributed by atoms with Gasteiger partial charge in [-0.2, -0.15) is 0 Å². The van der Waals surface area contributed by atoms with E-state index in [-0.39, 0.29) is 5.69 Å². The highest BCUT2D eigenvalue weighted by Crippen LogP contribution is 2.27. The van der Waals surface area contributed by atoms with E-state index < -0.39 is 0 Å². The molecule has 0 unspecified atom stereocenters. The first-order chi connectivity index (χ1) is 15.5. The third kappa shape index (κ3) is 3.60. The van der Waals surface area contributed by atoms with Crippen molar-refractivity contribution in [3.8, 4) is 22.8 Å². The first-order valence-corrected chi connectivity index (χ1v) is 10.4. The zero-order valence-corrected chi connectivity index (χ0v) is 18.0. The highest BCUT2D eigenvalue weighted by atomic mass is 16.4. The Labute approximate surface area is 184 Å². The van der Waals surface area contributed by atoms with E-state index in [0.717, 1.165) is 16.7 Å². The number of hydrogen-bond donors (Lipinski definition) is 1. The van der Waals surface area contributed by atoms with Crippen molar-refractivity contribution in [1.29, 1.82) is 0 Å². The van der Waals surface area contributed by atoms with Gasteiger partial charge in [-0.05, 0) is 29.2 Å². The van der Waals surface area contributed by atoms with Crippen LogP contribution in [-0.2, 0) is 6.54 Å². The molecule has 8 nitrogen and oxygen atoms in total. The predicted octanol–water partition coefficient (Wildman–Crippen LogP) is 4.32. The van der Waals surface area contributed by atoms with Crippen molar-refractivity contribution in [3.63, 3.8) is 0 Å². The second kappa shape index (κ2) is 7.88. The second-order valence-electron chi connectivity index (χ2n) is 8.01. The van der Waals surface area contributed by atoms with Crippen molar-refractivity contribution in [2.75, 3.05) is 0 Å². The number of H-pyrrole nitrogens is 1. The van der Waals surface area contributed by atoms with Crippen molar-refractivity contribution < 1.29 is 4.42 Å². The number of aromatic nitrogens is 6. The minimum absolute atomic E-state index is 0.222. The summed E-state index contributed by atoms with van der Waals surface area (Å²) < 4.78 is 7.10. The molecule has 160 valence electrons. The normalized spacial score (nSPS) is 11.5. The van der Waals surface area contributed by atoms with Gasteiger partial charge >= 0.3 is 5.69 Å². The molecule has 5 rings (SSSR count). The number of aryl methyl sites for hydroxylation is 1. The summed E-state index contributed by atoms with van der Waals surface area (Å²) in [4.78, 5) is 24.8. The van der Waals surface area contributed by atoms with Crippen molar-refractivity contribution >= 4 is 11.2 Å². The SMILES string of the molecule is Cc1nnc(-c2ccc(Cn3c(=O)[nH]c4cnc(-c5ccccc5C(C)C)nc43)cc2)o1. The van der Waals surface area contributed by atoms with Crippen molar-refractivity contribution in [2.24, 2.45) is 0 Å². The van der Waals surface area contributed by atoms with Gasteiger partial charge in [0.2, 0.25) is 11.8 Å². The molecule has 32 heavy (non-hydrogen) atoms. The van der Waals surface area contributed by atoms with Crippen LogP contribution in [0.1, 0.15) is 36.8 Å². The fraction of sp³-hybridized carbons (Fsp3) is 0.208. The monoisotopic (exact) mass is 426 g/mol. The molecule has 3 aromatic heterocycles. The van der Waals surface area contributed by atoms with Gasteiger partial charge in [0, 0.05) is 18.1 Å². The van der Waals surface area contributed by atoms with Crippen LogP contribution in [0, 0.1) is 6.92 Å². The Morgan fingerprint density at radius 1 is 1.06 bits per heavy atom. The number of rotatable bonds is 5. The van der Waals surface area contributed by atoms with Crippen LogP contribution in [0.2, 0.25) is 0 Å². The molecule has 0 amide bonds. The summed E-state index contributed by atoms with van der Waals surface area (Å²) in [5.74, 6) is 1.93. The molecule has 8 heteroatoms. The van der Waals surface area contributed by atoms with Crippen molar-refractivity contribution in [2.45, 2.75) is 33.2 Å². The van der Waals surface area contributed by atoms with Crippen LogP contribution in [0.25, 0.3) is 34.0 Å². The molecule has 3 heterocycles. The van der Waals surface area contributed by atoms with Gasteiger partial charge in [0.25, 0.3) is 0 Å². The maximum Gasteiger partial charge on any atom is 0.328 e. The third-order valence-corrected chi connectivity index (χ3v) is 5.40. The zero-order chi connectivity index (χ0) is 22.2. The van der Waals surface area contributed by atoms with Gasteiger partial charge in [-0.25, -0.2) is 14.8 Å². The zero-order valence-electron chi connectivity index (χ0n) is 18.0. The minimum Gasteiger partial charge on any atom is -0.421 e. The van der Waals surface area contributed by atoms with Gasteiger partial charge in [-0.15, -0.1) is 10.2 Å². The minimum atomic E-state index is -0.222. The van der Waals surface area contributed by atoms with E-state index in [2.05, 4.69) is 40.1 Å². The summed E-state index contributed by atoms with van der Waals surface area (Å²) in [5.41, 5.74) is 4.90. The molecular formula is C24H22N6O2. The number of fused-ring (bicyclic) bond motifs is 1. The van der Waals surface area contributed by atoms with Gasteiger partial charge in [0.05, 0.1) is 12.7 Å². The molecule has 1 N–H and O–H groups in total. The Balaban J connectivity index is 1.51. The van der Waals surface area contributed by atoms with E-state index in [0.29, 0.717) is 41.2 Å². The number of nitrogens with one attached hydrogen (secondary N) is 1. The molecule has 2 aromatic carbocycles. The van der Waals surface area contributed by atoms with Gasteiger partial charge in [0.15, 0.2) is 11.5 Å². The molecular weight excluding hydrogens is 404 g/mol.